The van der Waals surface area contributed by atoms with Crippen LogP contribution < -0.4 is 0 Å². The minimum Gasteiger partial charge on any atom is -0.385 e. The van der Waals surface area contributed by atoms with Crippen molar-refractivity contribution in [1.82, 2.24) is 0 Å². The van der Waals surface area contributed by atoms with Gasteiger partial charge >= 0.3 is 0 Å². The molecule has 0 aromatic heterocycles. The van der Waals surface area contributed by atoms with E-state index in [2.05, 4.69) is 6.58 Å². The third kappa shape index (κ3) is 1.77. The average molecular weight is 262 g/mol. The number of rotatable bonds is 2. The first-order valence-electron chi connectivity index (χ1n) is 6.48. The monoisotopic (exact) mass is 262 g/mol. The first-order chi connectivity index (χ1) is 8.64. The summed E-state index contributed by atoms with van der Waals surface area (Å²) in [5, 5.41) is 11.3. The summed E-state index contributed by atoms with van der Waals surface area (Å²) >= 11 is 0. The SMILES string of the molecule is C=Cc1ccccc1C1(O)CC2CCC(C1)S2=O. The number of fused-ring (bicyclic) bond motifs is 2. The second-order valence-corrected chi connectivity index (χ2v) is 7.37. The van der Waals surface area contributed by atoms with E-state index < -0.39 is 16.4 Å². The van der Waals surface area contributed by atoms with Gasteiger partial charge in [0, 0.05) is 21.3 Å². The van der Waals surface area contributed by atoms with E-state index in [1.54, 1.807) is 6.08 Å². The van der Waals surface area contributed by atoms with Crippen LogP contribution in [0.3, 0.4) is 0 Å². The average Bonchev–Trinajstić information content (AvgIpc) is 2.63. The Morgan fingerprint density at radius 1 is 1.28 bits per heavy atom. The van der Waals surface area contributed by atoms with Crippen molar-refractivity contribution < 1.29 is 9.32 Å². The predicted octanol–water partition coefficient (Wildman–Crippen LogP) is 2.59. The zero-order valence-corrected chi connectivity index (χ0v) is 11.2. The summed E-state index contributed by atoms with van der Waals surface area (Å²) in [5.41, 5.74) is 1.13. The number of hydrogen-bond acceptors (Lipinski definition) is 2. The zero-order chi connectivity index (χ0) is 12.8. The lowest BCUT2D eigenvalue weighted by Crippen LogP contribution is -2.40. The van der Waals surface area contributed by atoms with Crippen LogP contribution in [0.4, 0.5) is 0 Å². The molecule has 0 radical (unpaired) electrons. The molecule has 2 saturated heterocycles. The van der Waals surface area contributed by atoms with Gasteiger partial charge in [0.2, 0.25) is 0 Å². The lowest BCUT2D eigenvalue weighted by atomic mass is 9.83. The largest absolute Gasteiger partial charge is 0.385 e. The Bertz CT molecular complexity index is 493. The van der Waals surface area contributed by atoms with Gasteiger partial charge in [-0.25, -0.2) is 0 Å². The maximum atomic E-state index is 12.0. The van der Waals surface area contributed by atoms with Crippen molar-refractivity contribution in [2.75, 3.05) is 0 Å². The molecule has 3 heteroatoms. The van der Waals surface area contributed by atoms with Crippen LogP contribution in [0.25, 0.3) is 6.08 Å². The molecule has 2 nitrogen and oxygen atoms in total. The van der Waals surface area contributed by atoms with Gasteiger partial charge in [-0.3, -0.25) is 4.21 Å². The van der Waals surface area contributed by atoms with Crippen LogP contribution in [0.15, 0.2) is 30.8 Å². The highest BCUT2D eigenvalue weighted by Crippen LogP contribution is 2.46. The van der Waals surface area contributed by atoms with Crippen molar-refractivity contribution in [3.05, 3.63) is 42.0 Å². The van der Waals surface area contributed by atoms with Gasteiger partial charge in [-0.15, -0.1) is 0 Å². The Hall–Kier alpha value is -0.930. The Kier molecular flexibility index (Phi) is 2.91. The second kappa shape index (κ2) is 4.32. The Morgan fingerprint density at radius 2 is 1.89 bits per heavy atom. The summed E-state index contributed by atoms with van der Waals surface area (Å²) in [4.78, 5) is 0. The molecule has 2 fully saturated rings. The van der Waals surface area contributed by atoms with E-state index in [0.717, 1.165) is 24.0 Å². The van der Waals surface area contributed by atoms with Gasteiger partial charge < -0.3 is 5.11 Å². The number of hydrogen-bond donors (Lipinski definition) is 1. The van der Waals surface area contributed by atoms with E-state index in [9.17, 15) is 9.32 Å². The van der Waals surface area contributed by atoms with Gasteiger partial charge in [0.15, 0.2) is 0 Å². The third-order valence-electron chi connectivity index (χ3n) is 4.28. The van der Waals surface area contributed by atoms with Crippen LogP contribution in [0.2, 0.25) is 0 Å². The molecule has 3 rings (SSSR count). The summed E-state index contributed by atoms with van der Waals surface area (Å²) in [7, 11) is -0.733. The lowest BCUT2D eigenvalue weighted by Gasteiger charge is -2.37. The Morgan fingerprint density at radius 3 is 2.50 bits per heavy atom. The molecule has 1 aromatic rings. The van der Waals surface area contributed by atoms with E-state index in [1.165, 1.54) is 0 Å². The van der Waals surface area contributed by atoms with Crippen molar-refractivity contribution in [2.45, 2.75) is 41.8 Å². The maximum absolute atomic E-state index is 12.0. The van der Waals surface area contributed by atoms with E-state index in [0.29, 0.717) is 12.8 Å². The van der Waals surface area contributed by atoms with Crippen LogP contribution in [0.5, 0.6) is 0 Å². The van der Waals surface area contributed by atoms with Crippen molar-refractivity contribution in [3.63, 3.8) is 0 Å². The standard InChI is InChI=1S/C15H18O2S/c1-2-11-5-3-4-6-14(11)15(16)9-12-7-8-13(10-15)18(12)17/h2-6,12-13,16H,1,7-10H2. The summed E-state index contributed by atoms with van der Waals surface area (Å²) in [6.07, 6.45) is 5.04. The molecule has 1 aromatic carbocycles. The van der Waals surface area contributed by atoms with Crippen molar-refractivity contribution in [1.29, 1.82) is 0 Å². The Balaban J connectivity index is 2.01. The molecule has 2 aliphatic rings. The zero-order valence-electron chi connectivity index (χ0n) is 10.3. The number of aliphatic hydroxyl groups is 1. The molecule has 0 spiro atoms. The van der Waals surface area contributed by atoms with Crippen molar-refractivity contribution in [3.8, 4) is 0 Å². The maximum Gasteiger partial charge on any atom is 0.0925 e. The summed E-state index contributed by atoms with van der Waals surface area (Å²) in [5.74, 6) is 0. The van der Waals surface area contributed by atoms with Crippen LogP contribution in [0.1, 0.15) is 36.8 Å². The van der Waals surface area contributed by atoms with E-state index in [-0.39, 0.29) is 10.5 Å². The molecule has 2 unspecified atom stereocenters. The molecule has 0 amide bonds. The van der Waals surface area contributed by atoms with Crippen molar-refractivity contribution >= 4 is 16.9 Å². The molecule has 96 valence electrons. The molecule has 18 heavy (non-hydrogen) atoms. The van der Waals surface area contributed by atoms with Gasteiger partial charge in [0.1, 0.15) is 0 Å². The first kappa shape index (κ1) is 12.1. The highest BCUT2D eigenvalue weighted by atomic mass is 32.2. The van der Waals surface area contributed by atoms with Crippen LogP contribution >= 0.6 is 0 Å². The normalized spacial score (nSPS) is 38.6. The Labute approximate surface area is 110 Å². The van der Waals surface area contributed by atoms with Gasteiger partial charge in [-0.05, 0) is 36.8 Å². The van der Waals surface area contributed by atoms with E-state index in [1.807, 2.05) is 24.3 Å². The van der Waals surface area contributed by atoms with Crippen molar-refractivity contribution in [2.24, 2.45) is 0 Å². The molecular formula is C15H18O2S. The molecule has 2 aliphatic heterocycles. The molecule has 2 bridgehead atoms. The lowest BCUT2D eigenvalue weighted by molar-refractivity contribution is 0.0183. The van der Waals surface area contributed by atoms with Gasteiger partial charge in [0.25, 0.3) is 0 Å². The van der Waals surface area contributed by atoms with Crippen LogP contribution in [-0.2, 0) is 16.4 Å². The predicted molar refractivity (Wildman–Crippen MR) is 74.6 cm³/mol. The summed E-state index contributed by atoms with van der Waals surface area (Å²) in [6, 6.07) is 7.87. The highest BCUT2D eigenvalue weighted by Gasteiger charge is 2.48. The molecular weight excluding hydrogens is 244 g/mol. The second-order valence-electron chi connectivity index (χ2n) is 5.38. The summed E-state index contributed by atoms with van der Waals surface area (Å²) in [6.45, 7) is 3.82. The first-order valence-corrected chi connectivity index (χ1v) is 7.75. The van der Waals surface area contributed by atoms with E-state index >= 15 is 0 Å². The highest BCUT2D eigenvalue weighted by molar-refractivity contribution is 7.86. The van der Waals surface area contributed by atoms with Crippen LogP contribution in [-0.4, -0.2) is 19.8 Å². The fraction of sp³-hybridized carbons (Fsp3) is 0.467. The number of benzene rings is 1. The van der Waals surface area contributed by atoms with Gasteiger partial charge in [-0.1, -0.05) is 36.9 Å². The van der Waals surface area contributed by atoms with E-state index in [4.69, 9.17) is 0 Å². The smallest absolute Gasteiger partial charge is 0.0925 e. The molecule has 0 saturated carbocycles. The van der Waals surface area contributed by atoms with Gasteiger partial charge in [-0.2, -0.15) is 0 Å². The third-order valence-corrected chi connectivity index (χ3v) is 6.40. The topological polar surface area (TPSA) is 37.3 Å². The minimum absolute atomic E-state index is 0.173. The summed E-state index contributed by atoms with van der Waals surface area (Å²) < 4.78 is 12.0. The quantitative estimate of drug-likeness (QED) is 0.889. The fourth-order valence-electron chi connectivity index (χ4n) is 3.40. The molecule has 1 N–H and O–H groups in total. The van der Waals surface area contributed by atoms with Gasteiger partial charge in [0.05, 0.1) is 5.60 Å². The molecule has 0 aliphatic carbocycles. The molecule has 2 atom stereocenters. The fourth-order valence-corrected chi connectivity index (χ4v) is 5.56. The minimum atomic E-state index is -0.815. The van der Waals surface area contributed by atoms with Crippen LogP contribution in [0, 0.1) is 0 Å². The molecule has 2 heterocycles.